The average Bonchev–Trinajstić information content (AvgIpc) is 3.83. The highest BCUT2D eigenvalue weighted by Gasteiger charge is 2.56. The Balaban J connectivity index is 1.24. The van der Waals surface area contributed by atoms with E-state index in [-0.39, 0.29) is 10.8 Å². The van der Waals surface area contributed by atoms with E-state index in [1.54, 1.807) is 11.1 Å². The topological polar surface area (TPSA) is 15.7 Å². The highest BCUT2D eigenvalue weighted by molar-refractivity contribution is 6.32. The number of ether oxygens (including phenoxy) is 1. The van der Waals surface area contributed by atoms with Crippen molar-refractivity contribution in [3.63, 3.8) is 0 Å². The summed E-state index contributed by atoms with van der Waals surface area (Å²) in [7, 11) is 1.90. The van der Waals surface area contributed by atoms with Crippen molar-refractivity contribution in [1.82, 2.24) is 0 Å². The molecule has 2 aromatic carbocycles. The predicted molar refractivity (Wildman–Crippen MR) is 209 cm³/mol. The van der Waals surface area contributed by atoms with Crippen molar-refractivity contribution in [2.45, 2.75) is 142 Å². The van der Waals surface area contributed by atoms with E-state index in [9.17, 15) is 0 Å². The minimum atomic E-state index is -0.577. The van der Waals surface area contributed by atoms with Gasteiger partial charge in [-0.05, 0) is 139 Å². The van der Waals surface area contributed by atoms with Crippen LogP contribution in [0.3, 0.4) is 0 Å². The molecule has 0 saturated heterocycles. The molecule has 2 aromatic rings. The molecule has 3 nitrogen and oxygen atoms in total. The van der Waals surface area contributed by atoms with Gasteiger partial charge in [-0.1, -0.05) is 90.3 Å². The van der Waals surface area contributed by atoms with E-state index in [2.05, 4.69) is 99.9 Å². The van der Waals surface area contributed by atoms with E-state index >= 15 is 0 Å². The van der Waals surface area contributed by atoms with Crippen LogP contribution in [-0.2, 0) is 41.3 Å². The maximum Gasteiger partial charge on any atom is 0.169 e. The molecule has 0 bridgehead atoms. The van der Waals surface area contributed by atoms with Gasteiger partial charge in [0.25, 0.3) is 0 Å². The molecule has 3 aliphatic carbocycles. The number of rotatable bonds is 10. The summed E-state index contributed by atoms with van der Waals surface area (Å²) in [5.41, 5.74) is 14.9. The third-order valence-corrected chi connectivity index (χ3v) is 13.3. The van der Waals surface area contributed by atoms with Crippen molar-refractivity contribution < 1.29 is 4.74 Å². The molecular formula is C45H59ClN2O. The van der Waals surface area contributed by atoms with Gasteiger partial charge in [-0.15, -0.1) is 0 Å². The van der Waals surface area contributed by atoms with Gasteiger partial charge < -0.3 is 14.5 Å². The van der Waals surface area contributed by atoms with Crippen LogP contribution in [0, 0.1) is 0 Å². The Morgan fingerprint density at radius 1 is 0.735 bits per heavy atom. The van der Waals surface area contributed by atoms with Crippen molar-refractivity contribution in [2.75, 3.05) is 30.0 Å². The van der Waals surface area contributed by atoms with Crippen LogP contribution in [0.2, 0.25) is 0 Å². The van der Waals surface area contributed by atoms with Crippen LogP contribution < -0.4 is 9.80 Å². The van der Waals surface area contributed by atoms with Crippen molar-refractivity contribution in [2.24, 2.45) is 0 Å². The Morgan fingerprint density at radius 2 is 1.33 bits per heavy atom. The lowest BCUT2D eigenvalue weighted by Gasteiger charge is -2.45. The summed E-state index contributed by atoms with van der Waals surface area (Å²) in [6, 6.07) is 10.1. The van der Waals surface area contributed by atoms with E-state index < -0.39 is 5.72 Å². The second-order valence-corrected chi connectivity index (χ2v) is 16.8. The van der Waals surface area contributed by atoms with E-state index in [1.165, 1.54) is 102 Å². The van der Waals surface area contributed by atoms with Gasteiger partial charge >= 0.3 is 0 Å². The van der Waals surface area contributed by atoms with Crippen molar-refractivity contribution >= 4 is 23.0 Å². The van der Waals surface area contributed by atoms with Gasteiger partial charge in [0.15, 0.2) is 5.72 Å². The highest BCUT2D eigenvalue weighted by Crippen LogP contribution is 2.55. The lowest BCUT2D eigenvalue weighted by atomic mass is 9.76. The van der Waals surface area contributed by atoms with Crippen LogP contribution in [0.1, 0.15) is 133 Å². The summed E-state index contributed by atoms with van der Waals surface area (Å²) in [5.74, 6) is 0. The molecule has 2 heterocycles. The zero-order chi connectivity index (χ0) is 34.6. The summed E-state index contributed by atoms with van der Waals surface area (Å²) < 4.78 is 6.68. The predicted octanol–water partition coefficient (Wildman–Crippen LogP) is 11.5. The standard InChI is InChI=1S/C45H59ClN2O/c1-8-10-25-47-39-29-35-19-13-17-33(35)27-37(39)43(3,4)41(47)22-21-31-15-12-16-32(42(31)46)23-24-45(49-7)44(5,6)38-28-34-18-14-20-36(34)30-40(38)48(45)26-11-9-2/h21-24,27-30H,8-20,25-26H2,1-7H3/b24-23+,31-21+,41-22-. The highest BCUT2D eigenvalue weighted by atomic mass is 35.5. The first-order valence-corrected chi connectivity index (χ1v) is 19.9. The van der Waals surface area contributed by atoms with Gasteiger partial charge in [0.2, 0.25) is 0 Å². The number of hydrogen-bond donors (Lipinski definition) is 0. The minimum Gasteiger partial charge on any atom is -0.354 e. The number of fused-ring (bicyclic) bond motifs is 4. The fourth-order valence-electron chi connectivity index (χ4n) is 9.78. The fraction of sp³-hybridized carbons (Fsp3) is 0.556. The second-order valence-electron chi connectivity index (χ2n) is 16.4. The molecule has 0 fully saturated rings. The lowest BCUT2D eigenvalue weighted by Crippen LogP contribution is -2.56. The first kappa shape index (κ1) is 34.7. The maximum absolute atomic E-state index is 7.37. The normalized spacial score (nSPS) is 25.2. The van der Waals surface area contributed by atoms with Gasteiger partial charge in [-0.3, -0.25) is 0 Å². The number of benzene rings is 2. The van der Waals surface area contributed by atoms with Gasteiger partial charge in [0, 0.05) is 53.1 Å². The Labute approximate surface area is 302 Å². The van der Waals surface area contributed by atoms with Crippen LogP contribution in [0.4, 0.5) is 11.4 Å². The Kier molecular flexibility index (Phi) is 9.50. The zero-order valence-corrected chi connectivity index (χ0v) is 32.2. The van der Waals surface area contributed by atoms with Crippen LogP contribution in [0.25, 0.3) is 0 Å². The third kappa shape index (κ3) is 5.66. The molecule has 2 aliphatic heterocycles. The largest absolute Gasteiger partial charge is 0.354 e. The number of aryl methyl sites for hydroxylation is 4. The van der Waals surface area contributed by atoms with Gasteiger partial charge in [0.05, 0.1) is 0 Å². The van der Waals surface area contributed by atoms with E-state index in [0.29, 0.717) is 0 Å². The van der Waals surface area contributed by atoms with Crippen LogP contribution in [-0.4, -0.2) is 25.9 Å². The molecule has 0 aromatic heterocycles. The summed E-state index contributed by atoms with van der Waals surface area (Å²) in [6.07, 6.45) is 24.6. The van der Waals surface area contributed by atoms with Gasteiger partial charge in [-0.25, -0.2) is 0 Å². The molecule has 0 saturated carbocycles. The molecule has 4 heteroatoms. The zero-order valence-electron chi connectivity index (χ0n) is 31.4. The summed E-state index contributed by atoms with van der Waals surface area (Å²) in [4.78, 5) is 5.19. The van der Waals surface area contributed by atoms with Crippen molar-refractivity contribution in [3.8, 4) is 0 Å². The molecule has 262 valence electrons. The molecule has 7 rings (SSSR count). The molecular weight excluding hydrogens is 620 g/mol. The van der Waals surface area contributed by atoms with E-state index in [1.807, 2.05) is 7.11 Å². The Hall–Kier alpha value is -2.75. The number of unbranched alkanes of at least 4 members (excludes halogenated alkanes) is 2. The number of nitrogens with zero attached hydrogens (tertiary/aromatic N) is 2. The lowest BCUT2D eigenvalue weighted by molar-refractivity contribution is -0.0166. The summed E-state index contributed by atoms with van der Waals surface area (Å²) in [5, 5.41) is 0.922. The first-order chi connectivity index (χ1) is 23.6. The fourth-order valence-corrected chi connectivity index (χ4v) is 10.1. The van der Waals surface area contributed by atoms with Crippen molar-refractivity contribution in [3.05, 3.63) is 104 Å². The van der Waals surface area contributed by atoms with Crippen LogP contribution >= 0.6 is 11.6 Å². The van der Waals surface area contributed by atoms with Gasteiger partial charge in [-0.2, -0.15) is 0 Å². The summed E-state index contributed by atoms with van der Waals surface area (Å²) in [6.45, 7) is 16.2. The maximum atomic E-state index is 7.37. The molecule has 5 aliphatic rings. The van der Waals surface area contributed by atoms with Gasteiger partial charge in [0.1, 0.15) is 0 Å². The molecule has 0 radical (unpaired) electrons. The number of halogens is 1. The molecule has 0 N–H and O–H groups in total. The number of anilines is 2. The Bertz CT molecular complexity index is 1740. The van der Waals surface area contributed by atoms with Crippen molar-refractivity contribution in [1.29, 1.82) is 0 Å². The second kappa shape index (κ2) is 13.4. The third-order valence-electron chi connectivity index (χ3n) is 12.8. The number of methoxy groups -OCH3 is 1. The van der Waals surface area contributed by atoms with E-state index in [4.69, 9.17) is 16.3 Å². The SMILES string of the molecule is CCCCN1/C(=C\C=C2/CCCC(/C=C/C3(OC)N(CCCC)c4cc5c(cc4C3(C)C)CCC5)=C2Cl)C(C)(C)c2cc3c(cc21)CCC3. The molecule has 49 heavy (non-hydrogen) atoms. The molecule has 1 unspecified atom stereocenters. The molecule has 0 amide bonds. The smallest absolute Gasteiger partial charge is 0.169 e. The van der Waals surface area contributed by atoms with Crippen LogP contribution in [0.15, 0.2) is 70.4 Å². The Morgan fingerprint density at radius 3 is 1.98 bits per heavy atom. The average molecular weight is 679 g/mol. The molecule has 1 atom stereocenters. The summed E-state index contributed by atoms with van der Waals surface area (Å²) >= 11 is 7.37. The number of hydrogen-bond acceptors (Lipinski definition) is 3. The van der Waals surface area contributed by atoms with E-state index in [0.717, 1.165) is 50.2 Å². The first-order valence-electron chi connectivity index (χ1n) is 19.5. The number of allylic oxidation sites excluding steroid dienone is 7. The monoisotopic (exact) mass is 678 g/mol. The molecule has 0 spiro atoms. The quantitative estimate of drug-likeness (QED) is 0.249. The minimum absolute atomic E-state index is 0.0403. The van der Waals surface area contributed by atoms with Crippen LogP contribution in [0.5, 0.6) is 0 Å².